The molecule has 608 valence electrons. The number of aliphatic carboxylic acids is 1. The van der Waals surface area contributed by atoms with E-state index < -0.39 is 33.8 Å². The molecule has 0 spiro atoms. The Balaban J connectivity index is 0.000000153. The Morgan fingerprint density at radius 1 is 0.514 bits per heavy atom. The fraction of sp³-hybridized carbons (Fsp3) is 0.674. The molecule has 3 aromatic carbocycles. The lowest BCUT2D eigenvalue weighted by Crippen LogP contribution is -2.45. The van der Waals surface area contributed by atoms with Gasteiger partial charge in [0.15, 0.2) is 11.6 Å². The van der Waals surface area contributed by atoms with Crippen LogP contribution in [0.3, 0.4) is 0 Å². The van der Waals surface area contributed by atoms with E-state index in [0.717, 1.165) is 134 Å². The first-order chi connectivity index (χ1) is 52.5. The minimum absolute atomic E-state index is 0.0983. The van der Waals surface area contributed by atoms with Crippen LogP contribution >= 0.6 is 0 Å². The normalized spacial score (nSPS) is 26.5. The Labute approximate surface area is 656 Å². The number of carboxylic acid groups (broad SMARTS) is 1. The number of nitrogens with zero attached hydrogens (tertiary/aromatic N) is 7. The second-order valence-electron chi connectivity index (χ2n) is 37.5. The fourth-order valence-electron chi connectivity index (χ4n) is 16.1. The summed E-state index contributed by atoms with van der Waals surface area (Å²) in [6, 6.07) is 32.9. The molecule has 2 aromatic heterocycles. The number of hydrogen-bond donors (Lipinski definition) is 7. The number of ether oxygens (including phenoxy) is 4. The summed E-state index contributed by atoms with van der Waals surface area (Å²) in [5, 5.41) is 39.3. The van der Waals surface area contributed by atoms with Gasteiger partial charge in [0.1, 0.15) is 28.2 Å². The Bertz CT molecular complexity index is 3880. The summed E-state index contributed by atoms with van der Waals surface area (Å²) in [6.07, 6.45) is 21.3. The van der Waals surface area contributed by atoms with Crippen molar-refractivity contribution >= 4 is 36.2 Å². The Morgan fingerprint density at radius 3 is 1.29 bits per heavy atom. The number of carbonyl (C=O) groups is 5. The van der Waals surface area contributed by atoms with E-state index in [9.17, 15) is 24.0 Å². The van der Waals surface area contributed by atoms with Gasteiger partial charge in [-0.25, -0.2) is 19.2 Å². The van der Waals surface area contributed by atoms with E-state index in [1.54, 1.807) is 4.90 Å². The Hall–Kier alpha value is -8.32. The Morgan fingerprint density at radius 2 is 0.901 bits per heavy atom. The third kappa shape index (κ3) is 25.1. The SMILES string of the molecule is CC(C)(C)OC(=O)N(CC1(C(N)=NO)CC1)C1C[C@@H]1c1ccccc1.CC(C)(C)OC(=O)NC1CCC(CC(=O)O)CC1.CC(C)(C)OC(=O)NC1CCC(Cc2nc(C3(CN(C(=O)OC(C)(C)C)C4C[C@@H]4c4ccccc4)CC3)no2)CC1.NC1CCC(Cc2nc(C3(CNC4C[C@@H]4c4ccccc4)CC3)no2)CC1. The predicted molar refractivity (Wildman–Crippen MR) is 422 cm³/mol. The molecule has 9 aliphatic rings. The largest absolute Gasteiger partial charge is 0.481 e. The molecular weight excluding hydrogens is 1410 g/mol. The number of nitrogens with one attached hydrogen (secondary N) is 3. The average molecular weight is 1540 g/mol. The van der Waals surface area contributed by atoms with E-state index in [0.29, 0.717) is 66.5 Å². The molecule has 0 aliphatic heterocycles. The van der Waals surface area contributed by atoms with Gasteiger partial charge in [0.2, 0.25) is 11.8 Å². The van der Waals surface area contributed by atoms with Crippen molar-refractivity contribution in [1.29, 1.82) is 0 Å². The van der Waals surface area contributed by atoms with Crippen LogP contribution in [0.4, 0.5) is 19.2 Å². The van der Waals surface area contributed by atoms with Gasteiger partial charge in [-0.1, -0.05) is 106 Å². The maximum Gasteiger partial charge on any atom is 0.410 e. The smallest absolute Gasteiger partial charge is 0.410 e. The molecule has 5 aromatic rings. The van der Waals surface area contributed by atoms with Gasteiger partial charge in [0.05, 0.1) is 5.41 Å². The number of amides is 4. The summed E-state index contributed by atoms with van der Waals surface area (Å²) in [5.74, 6) is 5.23. The number of oxime groups is 1. The summed E-state index contributed by atoms with van der Waals surface area (Å²) >= 11 is 0. The van der Waals surface area contributed by atoms with Crippen LogP contribution in [-0.4, -0.2) is 155 Å². The summed E-state index contributed by atoms with van der Waals surface area (Å²) in [4.78, 5) is 73.8. The van der Waals surface area contributed by atoms with Crippen LogP contribution in [0.5, 0.6) is 0 Å². The number of carbonyl (C=O) groups excluding carboxylic acids is 4. The zero-order valence-electron chi connectivity index (χ0n) is 67.9. The van der Waals surface area contributed by atoms with Crippen molar-refractivity contribution in [2.75, 3.05) is 19.6 Å². The van der Waals surface area contributed by atoms with Gasteiger partial charge in [0, 0.05) is 104 Å². The van der Waals surface area contributed by atoms with Gasteiger partial charge < -0.3 is 75.5 Å². The molecule has 6 atom stereocenters. The van der Waals surface area contributed by atoms with Gasteiger partial charge in [-0.2, -0.15) is 9.97 Å². The van der Waals surface area contributed by atoms with Crippen LogP contribution in [-0.2, 0) is 47.4 Å². The summed E-state index contributed by atoms with van der Waals surface area (Å²) in [6.45, 7) is 24.4. The topological polar surface area (TPSA) is 348 Å². The third-order valence-electron chi connectivity index (χ3n) is 23.2. The highest BCUT2D eigenvalue weighted by Crippen LogP contribution is 2.54. The van der Waals surface area contributed by atoms with Crippen molar-refractivity contribution < 1.29 is 62.3 Å². The average Bonchev–Trinajstić information content (AvgIpc) is 1.59. The van der Waals surface area contributed by atoms with Crippen LogP contribution in [0.15, 0.2) is 105 Å². The van der Waals surface area contributed by atoms with Crippen LogP contribution < -0.4 is 27.4 Å². The highest BCUT2D eigenvalue weighted by atomic mass is 16.6. The number of hydrogen-bond acceptors (Lipinski definition) is 19. The Kier molecular flexibility index (Phi) is 26.6. The highest BCUT2D eigenvalue weighted by molar-refractivity contribution is 5.89. The van der Waals surface area contributed by atoms with Gasteiger partial charge in [-0.3, -0.25) is 4.79 Å². The van der Waals surface area contributed by atoms with Crippen LogP contribution in [0.1, 0.15) is 282 Å². The van der Waals surface area contributed by atoms with Gasteiger partial charge in [-0.15, -0.1) is 0 Å². The lowest BCUT2D eigenvalue weighted by Gasteiger charge is -2.30. The molecule has 9 saturated carbocycles. The number of carboxylic acids is 1. The van der Waals surface area contributed by atoms with E-state index in [4.69, 9.17) is 59.7 Å². The zero-order chi connectivity index (χ0) is 79.7. The van der Waals surface area contributed by atoms with Crippen LogP contribution in [0, 0.1) is 23.2 Å². The first kappa shape index (κ1) is 83.6. The predicted octanol–water partition coefficient (Wildman–Crippen LogP) is 15.7. The number of alkyl carbamates (subject to hydrolysis) is 2. The second kappa shape index (κ2) is 35.4. The van der Waals surface area contributed by atoms with Crippen molar-refractivity contribution in [3.05, 3.63) is 131 Å². The first-order valence-corrected chi connectivity index (χ1v) is 41.0. The minimum Gasteiger partial charge on any atom is -0.481 e. The van der Waals surface area contributed by atoms with Crippen LogP contribution in [0.2, 0.25) is 0 Å². The molecule has 9 fully saturated rings. The van der Waals surface area contributed by atoms with Crippen molar-refractivity contribution in [2.45, 2.75) is 324 Å². The molecule has 2 heterocycles. The molecule has 14 rings (SSSR count). The van der Waals surface area contributed by atoms with E-state index in [2.05, 4.69) is 98.1 Å². The van der Waals surface area contributed by atoms with Gasteiger partial charge in [-0.05, 0) is 252 Å². The fourth-order valence-corrected chi connectivity index (χ4v) is 16.1. The van der Waals surface area contributed by atoms with Crippen molar-refractivity contribution in [1.82, 2.24) is 46.0 Å². The molecule has 4 amide bonds. The molecule has 0 radical (unpaired) electrons. The molecular formula is C86H126N12O13. The molecule has 0 bridgehead atoms. The van der Waals surface area contributed by atoms with Crippen molar-refractivity contribution in [3.8, 4) is 0 Å². The first-order valence-electron chi connectivity index (χ1n) is 41.0. The lowest BCUT2D eigenvalue weighted by atomic mass is 9.84. The van der Waals surface area contributed by atoms with E-state index in [1.807, 2.05) is 112 Å². The third-order valence-corrected chi connectivity index (χ3v) is 23.2. The van der Waals surface area contributed by atoms with Gasteiger partial charge >= 0.3 is 30.3 Å². The number of amidine groups is 1. The molecule has 0 saturated heterocycles. The molecule has 25 nitrogen and oxygen atoms in total. The molecule has 25 heteroatoms. The van der Waals surface area contributed by atoms with E-state index in [-0.39, 0.29) is 77.5 Å². The number of nitrogens with two attached hydrogens (primary N) is 2. The van der Waals surface area contributed by atoms with Crippen molar-refractivity contribution in [3.63, 3.8) is 0 Å². The summed E-state index contributed by atoms with van der Waals surface area (Å²) in [7, 11) is 0. The molecule has 9 N–H and O–H groups in total. The number of benzene rings is 3. The van der Waals surface area contributed by atoms with E-state index >= 15 is 0 Å². The zero-order valence-corrected chi connectivity index (χ0v) is 67.9. The second-order valence-corrected chi connectivity index (χ2v) is 37.5. The molecule has 111 heavy (non-hydrogen) atoms. The quantitative estimate of drug-likeness (QED) is 0.0105. The monoisotopic (exact) mass is 1530 g/mol. The van der Waals surface area contributed by atoms with Crippen LogP contribution in [0.25, 0.3) is 0 Å². The maximum atomic E-state index is 13.4. The van der Waals surface area contributed by atoms with Crippen molar-refractivity contribution in [2.24, 2.45) is 39.8 Å². The summed E-state index contributed by atoms with van der Waals surface area (Å²) in [5.41, 5.74) is 13.2. The maximum absolute atomic E-state index is 13.4. The molecule has 9 aliphatic carbocycles. The van der Waals surface area contributed by atoms with E-state index in [1.165, 1.54) is 48.8 Å². The number of aromatic nitrogens is 4. The molecule has 3 unspecified atom stereocenters. The standard InChI is InChI=1S/C32H46N4O5.C22H30N4O.C19H27N3O3.C13H23NO4/c1-30(2,3)39-28(37)33-23-14-12-21(13-15-23)18-26-34-27(35-41-26)32(16-17-32)20-36(29(38)40-31(4,5)6)25-19-24(25)22-10-8-7-9-11-22;23-17-8-6-15(7-9-17)12-20-25-21(26-27-20)22(10-11-22)14-24-19-13-18(19)16-4-2-1-3-5-16;1-18(2,3)25-17(23)22(12-19(9-10-19)16(20)21-24)15-11-14(15)13-7-5-4-6-8-13;1-13(2,3)18-12(17)14-10-6-4-9(5-7-10)8-11(15)16/h7-11,21,23-25H,12-20H2,1-6H3,(H,33,37);1-5,15,17-19,24H,6-14,23H2;4-8,14-15,24H,9-12H2,1-3H3,(H2,20,21);9-10H,4-8H2,1-3H3,(H,14,17)(H,15,16)/t21?,23?,24-,25?;15?,17?,18-,19?;14-,15?;/m111./s1. The highest BCUT2D eigenvalue weighted by Gasteiger charge is 2.57. The minimum atomic E-state index is -0.737. The van der Waals surface area contributed by atoms with Gasteiger partial charge in [0.25, 0.3) is 0 Å². The summed E-state index contributed by atoms with van der Waals surface area (Å²) < 4.78 is 33.4. The lowest BCUT2D eigenvalue weighted by molar-refractivity contribution is -0.138. The number of rotatable bonds is 23.